The van der Waals surface area contributed by atoms with E-state index in [9.17, 15) is 9.90 Å². The van der Waals surface area contributed by atoms with Crippen molar-refractivity contribution in [2.45, 2.75) is 38.3 Å². The van der Waals surface area contributed by atoms with Crippen molar-refractivity contribution in [3.63, 3.8) is 0 Å². The molecule has 0 spiro atoms. The molecule has 4 N–H and O–H groups in total. The number of anilines is 4. The van der Waals surface area contributed by atoms with Crippen molar-refractivity contribution in [2.75, 3.05) is 31.3 Å². The molecule has 1 aromatic carbocycles. The number of aromatic nitrogens is 2. The van der Waals surface area contributed by atoms with E-state index >= 15 is 0 Å². The maximum atomic E-state index is 12.8. The number of rotatable bonds is 9. The highest BCUT2D eigenvalue weighted by Crippen LogP contribution is 2.30. The Balaban J connectivity index is 1.62. The van der Waals surface area contributed by atoms with Crippen LogP contribution in [0.3, 0.4) is 0 Å². The minimum atomic E-state index is -1.09. The van der Waals surface area contributed by atoms with Gasteiger partial charge in [0, 0.05) is 42.4 Å². The minimum absolute atomic E-state index is 0.263. The molecule has 188 valence electrons. The van der Waals surface area contributed by atoms with Crippen LogP contribution in [0.15, 0.2) is 61.4 Å². The first-order valence-electron chi connectivity index (χ1n) is 12.0. The fourth-order valence-corrected chi connectivity index (χ4v) is 4.25. The summed E-state index contributed by atoms with van der Waals surface area (Å²) in [5, 5.41) is 19.9. The van der Waals surface area contributed by atoms with E-state index in [-0.39, 0.29) is 5.91 Å². The molecule has 0 radical (unpaired) electrons. The van der Waals surface area contributed by atoms with Gasteiger partial charge in [-0.05, 0) is 76.2 Å². The second-order valence-electron chi connectivity index (χ2n) is 9.86. The van der Waals surface area contributed by atoms with Crippen LogP contribution < -0.4 is 16.0 Å². The fraction of sp³-hybridized carbons (Fsp3) is 0.321. The van der Waals surface area contributed by atoms with Gasteiger partial charge in [-0.3, -0.25) is 9.78 Å². The van der Waals surface area contributed by atoms with Gasteiger partial charge < -0.3 is 26.0 Å². The Morgan fingerprint density at radius 2 is 1.86 bits per heavy atom. The molecule has 1 unspecified atom stereocenters. The molecule has 3 aromatic rings. The smallest absolute Gasteiger partial charge is 0.255 e. The molecule has 1 aliphatic rings. The fourth-order valence-electron chi connectivity index (χ4n) is 4.25. The Morgan fingerprint density at radius 1 is 1.11 bits per heavy atom. The van der Waals surface area contributed by atoms with Gasteiger partial charge in [-0.2, -0.15) is 0 Å². The SMILES string of the molecule is C=CCNC(=O)c1cnc(Nc2ccc3c(c2)CC(N(C)C)C3)cc1Nc1ccnc(C(C)(C)O)c1. The third-order valence-corrected chi connectivity index (χ3v) is 6.34. The largest absolute Gasteiger partial charge is 0.384 e. The first-order chi connectivity index (χ1) is 17.1. The van der Waals surface area contributed by atoms with Crippen molar-refractivity contribution in [1.29, 1.82) is 0 Å². The monoisotopic (exact) mass is 486 g/mol. The summed E-state index contributed by atoms with van der Waals surface area (Å²) in [5.41, 5.74) is 4.77. The van der Waals surface area contributed by atoms with Crippen molar-refractivity contribution < 1.29 is 9.90 Å². The molecule has 2 aromatic heterocycles. The average molecular weight is 487 g/mol. The number of benzene rings is 1. The van der Waals surface area contributed by atoms with Gasteiger partial charge in [-0.1, -0.05) is 12.1 Å². The third kappa shape index (κ3) is 5.90. The molecule has 0 aliphatic heterocycles. The number of pyridine rings is 2. The van der Waals surface area contributed by atoms with Crippen molar-refractivity contribution in [1.82, 2.24) is 20.2 Å². The zero-order valence-electron chi connectivity index (χ0n) is 21.3. The first-order valence-corrected chi connectivity index (χ1v) is 12.0. The number of nitrogens with zero attached hydrogens (tertiary/aromatic N) is 3. The van der Waals surface area contributed by atoms with Crippen LogP contribution in [0.1, 0.15) is 41.0 Å². The lowest BCUT2D eigenvalue weighted by molar-refractivity contribution is 0.0739. The Labute approximate surface area is 212 Å². The topological polar surface area (TPSA) is 102 Å². The van der Waals surface area contributed by atoms with E-state index in [0.717, 1.165) is 18.5 Å². The zero-order chi connectivity index (χ0) is 25.9. The Kier molecular flexibility index (Phi) is 7.37. The number of carbonyl (C=O) groups excluding carboxylic acids is 1. The summed E-state index contributed by atoms with van der Waals surface area (Å²) in [4.78, 5) is 23.8. The standard InChI is InChI=1S/C28H34N6O2/c1-6-10-30-27(35)23-17-31-26(16-24(23)32-21-9-11-29-25(15-21)28(2,3)36)33-20-8-7-18-13-22(34(4)5)14-19(18)12-20/h6-9,11-12,15-17,22,36H,1,10,13-14H2,2-5H3,(H,30,35)(H2,29,31,32,33). The van der Waals surface area contributed by atoms with Crippen molar-refractivity contribution >= 4 is 28.8 Å². The normalized spacial score (nSPS) is 14.9. The summed E-state index contributed by atoms with van der Waals surface area (Å²) in [7, 11) is 4.24. The summed E-state index contributed by atoms with van der Waals surface area (Å²) < 4.78 is 0. The lowest BCUT2D eigenvalue weighted by Crippen LogP contribution is -2.27. The molecule has 0 fully saturated rings. The summed E-state index contributed by atoms with van der Waals surface area (Å²) >= 11 is 0. The van der Waals surface area contributed by atoms with Gasteiger partial charge in [0.25, 0.3) is 5.91 Å². The molecule has 0 saturated carbocycles. The maximum absolute atomic E-state index is 12.8. The van der Waals surface area contributed by atoms with E-state index in [4.69, 9.17) is 0 Å². The molecule has 0 saturated heterocycles. The number of nitrogens with one attached hydrogen (secondary N) is 3. The van der Waals surface area contributed by atoms with Gasteiger partial charge in [0.15, 0.2) is 0 Å². The number of fused-ring (bicyclic) bond motifs is 1. The number of carbonyl (C=O) groups is 1. The summed E-state index contributed by atoms with van der Waals surface area (Å²) in [6.07, 6.45) is 6.88. The van der Waals surface area contributed by atoms with Crippen LogP contribution >= 0.6 is 0 Å². The molecule has 0 bridgehead atoms. The lowest BCUT2D eigenvalue weighted by atomic mass is 10.0. The number of aliphatic hydroxyl groups is 1. The van der Waals surface area contributed by atoms with Gasteiger partial charge >= 0.3 is 0 Å². The molecular weight excluding hydrogens is 452 g/mol. The number of likely N-dealkylation sites (N-methyl/N-ethyl adjacent to an activating group) is 1. The van der Waals surface area contributed by atoms with E-state index in [1.807, 2.05) is 6.07 Å². The van der Waals surface area contributed by atoms with Crippen LogP contribution in [0, 0.1) is 0 Å². The molecular formula is C28H34N6O2. The predicted octanol–water partition coefficient (Wildman–Crippen LogP) is 4.14. The summed E-state index contributed by atoms with van der Waals surface area (Å²) in [6, 6.07) is 12.3. The summed E-state index contributed by atoms with van der Waals surface area (Å²) in [6.45, 7) is 7.37. The lowest BCUT2D eigenvalue weighted by Gasteiger charge is -2.18. The predicted molar refractivity (Wildman–Crippen MR) is 144 cm³/mol. The number of hydrogen-bond donors (Lipinski definition) is 4. The molecule has 2 heterocycles. The Hall–Kier alpha value is -3.75. The van der Waals surface area contributed by atoms with Crippen molar-refractivity contribution in [2.24, 2.45) is 0 Å². The van der Waals surface area contributed by atoms with Gasteiger partial charge in [-0.15, -0.1) is 6.58 Å². The summed E-state index contributed by atoms with van der Waals surface area (Å²) in [5.74, 6) is 0.345. The number of hydrogen-bond acceptors (Lipinski definition) is 7. The Bertz CT molecular complexity index is 1270. The number of amides is 1. The third-order valence-electron chi connectivity index (χ3n) is 6.34. The van der Waals surface area contributed by atoms with E-state index < -0.39 is 5.60 Å². The van der Waals surface area contributed by atoms with Crippen molar-refractivity contribution in [3.8, 4) is 0 Å². The van der Waals surface area contributed by atoms with Gasteiger partial charge in [-0.25, -0.2) is 4.98 Å². The van der Waals surface area contributed by atoms with Crippen LogP contribution in [0.5, 0.6) is 0 Å². The highest BCUT2D eigenvalue weighted by Gasteiger charge is 2.23. The molecule has 36 heavy (non-hydrogen) atoms. The van der Waals surface area contributed by atoms with Gasteiger partial charge in [0.2, 0.25) is 0 Å². The van der Waals surface area contributed by atoms with Crippen LogP contribution in [0.25, 0.3) is 0 Å². The molecule has 1 atom stereocenters. The molecule has 8 nitrogen and oxygen atoms in total. The van der Waals surface area contributed by atoms with Crippen LogP contribution in [-0.2, 0) is 18.4 Å². The minimum Gasteiger partial charge on any atom is -0.384 e. The molecule has 8 heteroatoms. The first kappa shape index (κ1) is 25.3. The molecule has 1 amide bonds. The van der Waals surface area contributed by atoms with E-state index in [0.29, 0.717) is 41.0 Å². The van der Waals surface area contributed by atoms with E-state index in [2.05, 4.69) is 69.7 Å². The van der Waals surface area contributed by atoms with E-state index in [1.165, 1.54) is 11.1 Å². The van der Waals surface area contributed by atoms with Gasteiger partial charge in [0.05, 0.1) is 16.9 Å². The maximum Gasteiger partial charge on any atom is 0.255 e. The highest BCUT2D eigenvalue weighted by atomic mass is 16.3. The average Bonchev–Trinajstić information content (AvgIpc) is 3.26. The van der Waals surface area contributed by atoms with Crippen LogP contribution in [-0.4, -0.2) is 52.6 Å². The molecule has 1 aliphatic carbocycles. The second kappa shape index (κ2) is 10.5. The zero-order valence-corrected chi connectivity index (χ0v) is 21.3. The Morgan fingerprint density at radius 3 is 2.58 bits per heavy atom. The van der Waals surface area contributed by atoms with Crippen LogP contribution in [0.2, 0.25) is 0 Å². The highest BCUT2D eigenvalue weighted by molar-refractivity contribution is 6.00. The molecule has 4 rings (SSSR count). The van der Waals surface area contributed by atoms with E-state index in [1.54, 1.807) is 44.4 Å². The van der Waals surface area contributed by atoms with Crippen molar-refractivity contribution in [3.05, 3.63) is 83.8 Å². The quantitative estimate of drug-likeness (QED) is 0.337. The van der Waals surface area contributed by atoms with Crippen LogP contribution in [0.4, 0.5) is 22.9 Å². The second-order valence-corrected chi connectivity index (χ2v) is 9.86. The van der Waals surface area contributed by atoms with Gasteiger partial charge in [0.1, 0.15) is 11.4 Å².